The van der Waals surface area contributed by atoms with E-state index in [2.05, 4.69) is 15.5 Å². The molecule has 1 aromatic carbocycles. The second-order valence-electron chi connectivity index (χ2n) is 7.40. The van der Waals surface area contributed by atoms with Crippen molar-refractivity contribution in [3.63, 3.8) is 0 Å². The molecule has 0 atom stereocenters. The molecule has 3 rings (SSSR count). The molecular formula is C20H32N4O. The Morgan fingerprint density at radius 3 is 2.52 bits per heavy atom. The van der Waals surface area contributed by atoms with Crippen LogP contribution in [0.2, 0.25) is 0 Å². The van der Waals surface area contributed by atoms with Crippen LogP contribution in [0.3, 0.4) is 0 Å². The molecular weight excluding hydrogens is 312 g/mol. The molecule has 0 radical (unpaired) electrons. The first-order chi connectivity index (χ1) is 12.3. The third kappa shape index (κ3) is 4.88. The normalized spacial score (nSPS) is 19.9. The molecule has 25 heavy (non-hydrogen) atoms. The molecule has 1 saturated carbocycles. The number of nitrogens with two attached hydrogens (primary N) is 1. The number of rotatable bonds is 4. The average molecular weight is 345 g/mol. The molecule has 138 valence electrons. The Morgan fingerprint density at radius 2 is 1.80 bits per heavy atom. The molecule has 1 aromatic rings. The van der Waals surface area contributed by atoms with Gasteiger partial charge in [-0.15, -0.1) is 0 Å². The summed E-state index contributed by atoms with van der Waals surface area (Å²) in [5, 5.41) is 6.48. The van der Waals surface area contributed by atoms with Crippen molar-refractivity contribution in [1.29, 1.82) is 0 Å². The molecule has 1 heterocycles. The number of anilines is 2. The van der Waals surface area contributed by atoms with Gasteiger partial charge < -0.3 is 21.3 Å². The van der Waals surface area contributed by atoms with Crippen molar-refractivity contribution in [2.24, 2.45) is 5.92 Å². The Kier molecular flexibility index (Phi) is 6.56. The molecule has 1 saturated heterocycles. The first-order valence-electron chi connectivity index (χ1n) is 9.88. The first kappa shape index (κ1) is 18.1. The van der Waals surface area contributed by atoms with Gasteiger partial charge in [0.25, 0.3) is 5.91 Å². The Hall–Kier alpha value is -1.75. The predicted octanol–water partition coefficient (Wildman–Crippen LogP) is 2.77. The van der Waals surface area contributed by atoms with Gasteiger partial charge in [-0.1, -0.05) is 38.2 Å². The van der Waals surface area contributed by atoms with Gasteiger partial charge in [0.05, 0.1) is 16.9 Å². The quantitative estimate of drug-likeness (QED) is 0.735. The lowest BCUT2D eigenvalue weighted by atomic mass is 9.91. The summed E-state index contributed by atoms with van der Waals surface area (Å²) in [5.74, 6) is 0.582. The summed E-state index contributed by atoms with van der Waals surface area (Å²) in [6, 6.07) is 5.80. The predicted molar refractivity (Wildman–Crippen MR) is 104 cm³/mol. The minimum atomic E-state index is -0.0310. The number of carbonyl (C=O) groups is 1. The van der Waals surface area contributed by atoms with Gasteiger partial charge in [-0.05, 0) is 30.9 Å². The van der Waals surface area contributed by atoms with E-state index in [4.69, 9.17) is 5.73 Å². The van der Waals surface area contributed by atoms with E-state index < -0.39 is 0 Å². The summed E-state index contributed by atoms with van der Waals surface area (Å²) in [4.78, 5) is 14.9. The monoisotopic (exact) mass is 344 g/mol. The van der Waals surface area contributed by atoms with Crippen LogP contribution in [-0.2, 0) is 0 Å². The molecule has 4 N–H and O–H groups in total. The molecule has 0 bridgehead atoms. The fourth-order valence-corrected chi connectivity index (χ4v) is 4.01. The zero-order chi connectivity index (χ0) is 17.5. The third-order valence-electron chi connectivity index (χ3n) is 5.56. The van der Waals surface area contributed by atoms with Crippen LogP contribution < -0.4 is 21.3 Å². The lowest BCUT2D eigenvalue weighted by Crippen LogP contribution is -2.44. The number of hydrogen-bond acceptors (Lipinski definition) is 4. The molecule has 1 aliphatic heterocycles. The maximum atomic E-state index is 12.7. The van der Waals surface area contributed by atoms with Crippen LogP contribution in [0, 0.1) is 5.92 Å². The highest BCUT2D eigenvalue weighted by molar-refractivity contribution is 6.01. The van der Waals surface area contributed by atoms with Crippen LogP contribution in [0.1, 0.15) is 55.3 Å². The SMILES string of the molecule is Nc1c(C(=O)NCC2CCCCCCC2)cccc1N1CCNCC1. The number of nitrogens with one attached hydrogen (secondary N) is 2. The summed E-state index contributed by atoms with van der Waals surface area (Å²) in [6.07, 6.45) is 9.10. The topological polar surface area (TPSA) is 70.4 Å². The van der Waals surface area contributed by atoms with E-state index in [9.17, 15) is 4.79 Å². The standard InChI is InChI=1S/C20H32N4O/c21-19-17(9-6-10-18(19)24-13-11-22-12-14-24)20(25)23-15-16-7-4-2-1-3-5-8-16/h6,9-10,16,22H,1-5,7-8,11-15,21H2,(H,23,25). The van der Waals surface area contributed by atoms with Crippen molar-refractivity contribution >= 4 is 17.3 Å². The third-order valence-corrected chi connectivity index (χ3v) is 5.56. The molecule has 5 nitrogen and oxygen atoms in total. The minimum Gasteiger partial charge on any atom is -0.396 e. The zero-order valence-corrected chi connectivity index (χ0v) is 15.2. The van der Waals surface area contributed by atoms with E-state index in [-0.39, 0.29) is 5.91 Å². The van der Waals surface area contributed by atoms with Crippen LogP contribution >= 0.6 is 0 Å². The summed E-state index contributed by atoms with van der Waals surface area (Å²) in [5.41, 5.74) is 8.56. The van der Waals surface area contributed by atoms with Crippen molar-refractivity contribution in [3.05, 3.63) is 23.8 Å². The van der Waals surface area contributed by atoms with Gasteiger partial charge in [-0.2, -0.15) is 0 Å². The Morgan fingerprint density at radius 1 is 1.12 bits per heavy atom. The van der Waals surface area contributed by atoms with Gasteiger partial charge >= 0.3 is 0 Å². The number of piperazine rings is 1. The number of nitrogens with zero attached hydrogens (tertiary/aromatic N) is 1. The molecule has 5 heteroatoms. The van der Waals surface area contributed by atoms with E-state index in [0.29, 0.717) is 17.2 Å². The molecule has 2 aliphatic rings. The molecule has 1 amide bonds. The van der Waals surface area contributed by atoms with Gasteiger partial charge in [-0.3, -0.25) is 4.79 Å². The first-order valence-corrected chi connectivity index (χ1v) is 9.88. The Bertz CT molecular complexity index is 561. The van der Waals surface area contributed by atoms with E-state index in [1.165, 1.54) is 44.9 Å². The van der Waals surface area contributed by atoms with Crippen LogP contribution in [0.25, 0.3) is 0 Å². The molecule has 0 aromatic heterocycles. The molecule has 2 fully saturated rings. The summed E-state index contributed by atoms with van der Waals surface area (Å²) in [7, 11) is 0. The van der Waals surface area contributed by atoms with Gasteiger partial charge in [0.2, 0.25) is 0 Å². The van der Waals surface area contributed by atoms with E-state index >= 15 is 0 Å². The fraction of sp³-hybridized carbons (Fsp3) is 0.650. The fourth-order valence-electron chi connectivity index (χ4n) is 4.01. The number of nitrogen functional groups attached to an aromatic ring is 1. The number of amides is 1. The smallest absolute Gasteiger partial charge is 0.253 e. The zero-order valence-electron chi connectivity index (χ0n) is 15.2. The van der Waals surface area contributed by atoms with Crippen molar-refractivity contribution < 1.29 is 4.79 Å². The lowest BCUT2D eigenvalue weighted by molar-refractivity contribution is 0.0945. The summed E-state index contributed by atoms with van der Waals surface area (Å²) < 4.78 is 0. The van der Waals surface area contributed by atoms with Crippen molar-refractivity contribution in [1.82, 2.24) is 10.6 Å². The number of para-hydroxylation sites is 1. The maximum absolute atomic E-state index is 12.7. The van der Waals surface area contributed by atoms with Gasteiger partial charge in [0.1, 0.15) is 0 Å². The van der Waals surface area contributed by atoms with Gasteiger partial charge in [0, 0.05) is 32.7 Å². The number of benzene rings is 1. The largest absolute Gasteiger partial charge is 0.396 e. The highest BCUT2D eigenvalue weighted by Crippen LogP contribution is 2.27. The average Bonchev–Trinajstić information content (AvgIpc) is 2.61. The van der Waals surface area contributed by atoms with Crippen LogP contribution in [0.5, 0.6) is 0 Å². The second kappa shape index (κ2) is 9.09. The second-order valence-corrected chi connectivity index (χ2v) is 7.40. The summed E-state index contributed by atoms with van der Waals surface area (Å²) >= 11 is 0. The van der Waals surface area contributed by atoms with Crippen molar-refractivity contribution in [2.75, 3.05) is 43.4 Å². The molecule has 1 aliphatic carbocycles. The highest BCUT2D eigenvalue weighted by Gasteiger charge is 2.19. The molecule has 0 spiro atoms. The van der Waals surface area contributed by atoms with Crippen LogP contribution in [0.4, 0.5) is 11.4 Å². The van der Waals surface area contributed by atoms with Gasteiger partial charge in [0.15, 0.2) is 0 Å². The number of carbonyl (C=O) groups excluding carboxylic acids is 1. The Labute approximate surface area is 151 Å². The Balaban J connectivity index is 1.61. The summed E-state index contributed by atoms with van der Waals surface area (Å²) in [6.45, 7) is 4.54. The van der Waals surface area contributed by atoms with Crippen molar-refractivity contribution in [3.8, 4) is 0 Å². The van der Waals surface area contributed by atoms with Crippen LogP contribution in [0.15, 0.2) is 18.2 Å². The van der Waals surface area contributed by atoms with E-state index in [1.807, 2.05) is 18.2 Å². The highest BCUT2D eigenvalue weighted by atomic mass is 16.1. The lowest BCUT2D eigenvalue weighted by Gasteiger charge is -2.31. The van der Waals surface area contributed by atoms with E-state index in [0.717, 1.165) is 38.4 Å². The van der Waals surface area contributed by atoms with Crippen LogP contribution in [-0.4, -0.2) is 38.6 Å². The van der Waals surface area contributed by atoms with Crippen molar-refractivity contribution in [2.45, 2.75) is 44.9 Å². The van der Waals surface area contributed by atoms with E-state index in [1.54, 1.807) is 0 Å². The minimum absolute atomic E-state index is 0.0310. The molecule has 0 unspecified atom stereocenters. The van der Waals surface area contributed by atoms with Gasteiger partial charge in [-0.25, -0.2) is 0 Å². The maximum Gasteiger partial charge on any atom is 0.253 e. The number of hydrogen-bond donors (Lipinski definition) is 3.